The lowest BCUT2D eigenvalue weighted by Gasteiger charge is -2.28. The van der Waals surface area contributed by atoms with E-state index in [2.05, 4.69) is 19.2 Å². The molecular formula is C34H71N2O5PS. The molecule has 0 aliphatic heterocycles. The van der Waals surface area contributed by atoms with Crippen molar-refractivity contribution >= 4 is 25.5 Å². The van der Waals surface area contributed by atoms with E-state index in [1.165, 1.54) is 116 Å². The summed E-state index contributed by atoms with van der Waals surface area (Å²) >= 11 is 1.77. The van der Waals surface area contributed by atoms with Gasteiger partial charge >= 0.3 is 0 Å². The van der Waals surface area contributed by atoms with Gasteiger partial charge in [-0.05, 0) is 18.6 Å². The zero-order valence-electron chi connectivity index (χ0n) is 29.0. The molecule has 0 heterocycles. The van der Waals surface area contributed by atoms with Crippen LogP contribution in [-0.4, -0.2) is 68.8 Å². The number of amides is 1. The van der Waals surface area contributed by atoms with Gasteiger partial charge in [0.15, 0.2) is 0 Å². The van der Waals surface area contributed by atoms with Crippen LogP contribution in [0.25, 0.3) is 0 Å². The van der Waals surface area contributed by atoms with Crippen molar-refractivity contribution in [2.24, 2.45) is 0 Å². The molecule has 0 saturated heterocycles. The van der Waals surface area contributed by atoms with Crippen molar-refractivity contribution in [3.8, 4) is 0 Å². The number of rotatable bonds is 33. The molecule has 0 rings (SSSR count). The number of carbonyl (C=O) groups is 1. The highest BCUT2D eigenvalue weighted by Gasteiger charge is 2.18. The molecule has 43 heavy (non-hydrogen) atoms. The summed E-state index contributed by atoms with van der Waals surface area (Å²) in [6.45, 7) is 5.04. The summed E-state index contributed by atoms with van der Waals surface area (Å²) in [5.74, 6) is 1.63. The zero-order valence-corrected chi connectivity index (χ0v) is 30.7. The maximum absolute atomic E-state index is 12.6. The molecule has 0 aromatic rings. The minimum atomic E-state index is -4.41. The van der Waals surface area contributed by atoms with Crippen LogP contribution in [-0.2, 0) is 18.4 Å². The second-order valence-electron chi connectivity index (χ2n) is 13.4. The minimum absolute atomic E-state index is 0.0223. The number of nitrogens with zero attached hydrogens (tertiary/aromatic N) is 1. The van der Waals surface area contributed by atoms with Crippen LogP contribution in [0, 0.1) is 0 Å². The van der Waals surface area contributed by atoms with Crippen LogP contribution in [0.2, 0.25) is 0 Å². The summed E-state index contributed by atoms with van der Waals surface area (Å²) in [6, 6.07) is -0.349. The molecule has 9 heteroatoms. The molecule has 0 aromatic carbocycles. The number of hydrogen-bond acceptors (Lipinski definition) is 6. The highest BCUT2D eigenvalue weighted by Crippen LogP contribution is 2.38. The fraction of sp³-hybridized carbons (Fsp3) is 0.971. The molecule has 0 fully saturated rings. The van der Waals surface area contributed by atoms with E-state index in [4.69, 9.17) is 9.05 Å². The predicted molar refractivity (Wildman–Crippen MR) is 185 cm³/mol. The summed E-state index contributed by atoms with van der Waals surface area (Å²) in [6.07, 6.45) is 27.4. The number of phosphoric ester groups is 1. The molecular weight excluding hydrogens is 579 g/mol. The number of hydrogen-bond donors (Lipinski definition) is 1. The molecule has 258 valence electrons. The Morgan fingerprint density at radius 3 is 1.63 bits per heavy atom. The molecule has 0 aliphatic rings. The fourth-order valence-corrected chi connectivity index (χ4v) is 6.72. The third-order valence-corrected chi connectivity index (χ3v) is 9.96. The van der Waals surface area contributed by atoms with E-state index < -0.39 is 7.82 Å². The van der Waals surface area contributed by atoms with Gasteiger partial charge < -0.3 is 23.7 Å². The van der Waals surface area contributed by atoms with Gasteiger partial charge in [0.1, 0.15) is 13.2 Å². The van der Waals surface area contributed by atoms with Crippen molar-refractivity contribution in [2.75, 3.05) is 52.4 Å². The van der Waals surface area contributed by atoms with Gasteiger partial charge in [0.2, 0.25) is 5.91 Å². The van der Waals surface area contributed by atoms with Crippen molar-refractivity contribution in [3.05, 3.63) is 0 Å². The molecule has 7 nitrogen and oxygen atoms in total. The van der Waals surface area contributed by atoms with E-state index in [1.54, 1.807) is 11.8 Å². The summed E-state index contributed by atoms with van der Waals surface area (Å²) in [5.41, 5.74) is 0. The SMILES string of the molecule is CCCCCCCCCCCCCCCCSC[C@H](COP(=O)([O-])OCC[N+](C)(C)C)NC(=O)CCCCCCCCC. The van der Waals surface area contributed by atoms with Gasteiger partial charge in [-0.1, -0.05) is 136 Å². The van der Waals surface area contributed by atoms with Crippen LogP contribution < -0.4 is 10.2 Å². The molecule has 2 atom stereocenters. The lowest BCUT2D eigenvalue weighted by Crippen LogP contribution is -2.40. The molecule has 0 spiro atoms. The van der Waals surface area contributed by atoms with E-state index in [0.717, 1.165) is 25.0 Å². The molecule has 0 bridgehead atoms. The smallest absolute Gasteiger partial charge is 0.268 e. The first kappa shape index (κ1) is 42.9. The van der Waals surface area contributed by atoms with Gasteiger partial charge in [-0.25, -0.2) is 0 Å². The average molecular weight is 651 g/mol. The maximum atomic E-state index is 12.6. The average Bonchev–Trinajstić information content (AvgIpc) is 2.94. The van der Waals surface area contributed by atoms with Gasteiger partial charge in [0.05, 0.1) is 33.8 Å². The number of likely N-dealkylation sites (N-methyl/N-ethyl adjacent to an activating group) is 1. The summed E-state index contributed by atoms with van der Waals surface area (Å²) < 4.78 is 23.2. The maximum Gasteiger partial charge on any atom is 0.268 e. The molecule has 0 aromatic heterocycles. The van der Waals surface area contributed by atoms with Gasteiger partial charge in [0, 0.05) is 12.2 Å². The molecule has 0 radical (unpaired) electrons. The Labute approximate surface area is 271 Å². The van der Waals surface area contributed by atoms with Crippen LogP contribution in [0.15, 0.2) is 0 Å². The standard InChI is InChI=1S/C34H71N2O5PS/c1-6-8-10-12-14-15-16-17-18-19-20-22-24-26-30-43-32-33(31-41-42(38,39)40-29-28-36(3,4)5)35-34(37)27-25-23-21-13-11-9-7-2/h33H,6-32H2,1-5H3,(H-,35,37,38,39)/t33-/m0/s1. The molecule has 0 aliphatic carbocycles. The number of quaternary nitrogens is 1. The lowest BCUT2D eigenvalue weighted by atomic mass is 10.0. The van der Waals surface area contributed by atoms with E-state index >= 15 is 0 Å². The zero-order chi connectivity index (χ0) is 32.1. The normalized spacial score (nSPS) is 14.1. The van der Waals surface area contributed by atoms with Crippen LogP contribution in [0.5, 0.6) is 0 Å². The minimum Gasteiger partial charge on any atom is -0.756 e. The van der Waals surface area contributed by atoms with Crippen LogP contribution in [0.4, 0.5) is 0 Å². The van der Waals surface area contributed by atoms with E-state index in [1.807, 2.05) is 21.1 Å². The predicted octanol–water partition coefficient (Wildman–Crippen LogP) is 9.03. The Bertz CT molecular complexity index is 678. The number of thioether (sulfide) groups is 1. The second kappa shape index (κ2) is 29.3. The summed E-state index contributed by atoms with van der Waals surface area (Å²) in [7, 11) is 1.52. The summed E-state index contributed by atoms with van der Waals surface area (Å²) in [4.78, 5) is 24.9. The third kappa shape index (κ3) is 33.1. The van der Waals surface area contributed by atoms with Crippen molar-refractivity contribution in [2.45, 2.75) is 161 Å². The highest BCUT2D eigenvalue weighted by molar-refractivity contribution is 7.99. The number of phosphoric acid groups is 1. The first-order valence-corrected chi connectivity index (χ1v) is 20.5. The number of carbonyl (C=O) groups excluding carboxylic acids is 1. The lowest BCUT2D eigenvalue weighted by molar-refractivity contribution is -0.870. The van der Waals surface area contributed by atoms with Crippen LogP contribution in [0.1, 0.15) is 155 Å². The molecule has 0 saturated carbocycles. The van der Waals surface area contributed by atoms with Gasteiger partial charge in [-0.15, -0.1) is 0 Å². The Morgan fingerprint density at radius 2 is 1.16 bits per heavy atom. The third-order valence-electron chi connectivity index (χ3n) is 7.78. The quantitative estimate of drug-likeness (QED) is 0.0433. The number of nitrogens with one attached hydrogen (secondary N) is 1. The van der Waals surface area contributed by atoms with Gasteiger partial charge in [0.25, 0.3) is 7.82 Å². The Hall–Kier alpha value is -0.110. The Kier molecular flexibility index (Phi) is 29.2. The van der Waals surface area contributed by atoms with Gasteiger partial charge in [-0.2, -0.15) is 11.8 Å². The van der Waals surface area contributed by atoms with Crippen LogP contribution >= 0.6 is 19.6 Å². The van der Waals surface area contributed by atoms with E-state index in [9.17, 15) is 14.3 Å². The van der Waals surface area contributed by atoms with Crippen molar-refractivity contribution in [1.82, 2.24) is 5.32 Å². The Morgan fingerprint density at radius 1 is 0.721 bits per heavy atom. The van der Waals surface area contributed by atoms with E-state index in [-0.39, 0.29) is 25.2 Å². The van der Waals surface area contributed by atoms with Crippen LogP contribution in [0.3, 0.4) is 0 Å². The second-order valence-corrected chi connectivity index (χ2v) is 16.0. The van der Waals surface area contributed by atoms with Crippen molar-refractivity contribution in [3.63, 3.8) is 0 Å². The summed E-state index contributed by atoms with van der Waals surface area (Å²) in [5, 5.41) is 3.03. The van der Waals surface area contributed by atoms with Crippen molar-refractivity contribution < 1.29 is 27.8 Å². The Balaban J connectivity index is 4.23. The fourth-order valence-electron chi connectivity index (χ4n) is 4.94. The van der Waals surface area contributed by atoms with E-state index in [0.29, 0.717) is 23.2 Å². The topological polar surface area (TPSA) is 87.7 Å². The largest absolute Gasteiger partial charge is 0.756 e. The first-order valence-electron chi connectivity index (χ1n) is 17.9. The first-order chi connectivity index (χ1) is 20.6. The molecule has 1 unspecified atom stereocenters. The number of unbranched alkanes of at least 4 members (excludes halogenated alkanes) is 19. The molecule has 1 amide bonds. The monoisotopic (exact) mass is 650 g/mol. The van der Waals surface area contributed by atoms with Gasteiger partial charge in [-0.3, -0.25) is 9.36 Å². The molecule has 1 N–H and O–H groups in total. The highest BCUT2D eigenvalue weighted by atomic mass is 32.2. The van der Waals surface area contributed by atoms with Crippen molar-refractivity contribution in [1.29, 1.82) is 0 Å².